The fourth-order valence-corrected chi connectivity index (χ4v) is 2.66. The number of amides is 1. The second kappa shape index (κ2) is 6.58. The number of hydrogen-bond donors (Lipinski definition) is 2. The average molecular weight is 340 g/mol. The highest BCUT2D eigenvalue weighted by Crippen LogP contribution is 2.27. The van der Waals surface area contributed by atoms with Crippen molar-refractivity contribution < 1.29 is 4.79 Å². The molecule has 1 aromatic heterocycles. The number of nitrogens with one attached hydrogen (secondary N) is 1. The first-order valence-corrected chi connectivity index (χ1v) is 8.03. The van der Waals surface area contributed by atoms with Crippen LogP contribution >= 0.6 is 23.4 Å². The van der Waals surface area contributed by atoms with Gasteiger partial charge in [-0.15, -0.1) is 10.2 Å². The Hall–Kier alpha value is -1.73. The number of thioether (sulfide) groups is 1. The Morgan fingerprint density at radius 1 is 1.36 bits per heavy atom. The molecule has 1 aromatic carbocycles. The minimum atomic E-state index is -0.267. The van der Waals surface area contributed by atoms with Crippen LogP contribution in [0, 0.1) is 0 Å². The maximum absolute atomic E-state index is 11.8. The van der Waals surface area contributed by atoms with Crippen molar-refractivity contribution in [2.45, 2.75) is 31.5 Å². The second-order valence-corrected chi connectivity index (χ2v) is 7.09. The lowest BCUT2D eigenvalue weighted by atomic mass is 10.1. The van der Waals surface area contributed by atoms with Gasteiger partial charge in [0, 0.05) is 11.1 Å². The lowest BCUT2D eigenvalue weighted by Gasteiger charge is -2.20. The number of nitrogens with two attached hydrogens (primary N) is 1. The highest BCUT2D eigenvalue weighted by molar-refractivity contribution is 7.99. The van der Waals surface area contributed by atoms with Crippen LogP contribution in [-0.2, 0) is 4.79 Å². The van der Waals surface area contributed by atoms with Crippen LogP contribution in [0.2, 0.25) is 5.02 Å². The number of nitrogens with zero attached hydrogens (tertiary/aromatic N) is 3. The summed E-state index contributed by atoms with van der Waals surface area (Å²) in [5.41, 5.74) is 0.432. The van der Waals surface area contributed by atoms with Crippen molar-refractivity contribution in [3.8, 4) is 11.4 Å². The normalized spacial score (nSPS) is 11.5. The number of halogens is 1. The van der Waals surface area contributed by atoms with Crippen molar-refractivity contribution >= 4 is 29.3 Å². The lowest BCUT2D eigenvalue weighted by Crippen LogP contribution is -2.41. The molecule has 0 bridgehead atoms. The summed E-state index contributed by atoms with van der Waals surface area (Å²) in [6.45, 7) is 5.78. The maximum atomic E-state index is 11.8. The molecular weight excluding hydrogens is 322 g/mol. The molecule has 3 N–H and O–H groups in total. The van der Waals surface area contributed by atoms with Gasteiger partial charge in [-0.2, -0.15) is 0 Å². The van der Waals surface area contributed by atoms with Gasteiger partial charge in [0.2, 0.25) is 11.1 Å². The van der Waals surface area contributed by atoms with E-state index in [-0.39, 0.29) is 17.2 Å². The van der Waals surface area contributed by atoms with Crippen LogP contribution in [0.3, 0.4) is 0 Å². The number of aromatic nitrogens is 3. The van der Waals surface area contributed by atoms with Gasteiger partial charge >= 0.3 is 0 Å². The molecule has 0 spiro atoms. The van der Waals surface area contributed by atoms with Crippen molar-refractivity contribution in [2.24, 2.45) is 0 Å². The third-order valence-corrected chi connectivity index (χ3v) is 3.90. The SMILES string of the molecule is CC(C)(C)NC(=O)CSc1nnc(-c2ccccc2Cl)n1N. The molecule has 0 fully saturated rings. The Morgan fingerprint density at radius 2 is 2.05 bits per heavy atom. The molecule has 0 atom stereocenters. The Labute approximate surface area is 138 Å². The zero-order valence-electron chi connectivity index (χ0n) is 12.6. The minimum absolute atomic E-state index is 0.0835. The van der Waals surface area contributed by atoms with Gasteiger partial charge in [-0.05, 0) is 32.9 Å². The van der Waals surface area contributed by atoms with Crippen molar-refractivity contribution in [3.05, 3.63) is 29.3 Å². The highest BCUT2D eigenvalue weighted by atomic mass is 35.5. The van der Waals surface area contributed by atoms with Crippen LogP contribution in [0.1, 0.15) is 20.8 Å². The van der Waals surface area contributed by atoms with Gasteiger partial charge in [0.1, 0.15) is 0 Å². The molecule has 6 nitrogen and oxygen atoms in total. The summed E-state index contributed by atoms with van der Waals surface area (Å²) in [6.07, 6.45) is 0. The van der Waals surface area contributed by atoms with Crippen molar-refractivity contribution in [3.63, 3.8) is 0 Å². The zero-order chi connectivity index (χ0) is 16.3. The van der Waals surface area contributed by atoms with Crippen LogP contribution in [0.15, 0.2) is 29.4 Å². The summed E-state index contributed by atoms with van der Waals surface area (Å²) >= 11 is 7.36. The Bertz CT molecular complexity index is 680. The summed E-state index contributed by atoms with van der Waals surface area (Å²) in [5, 5.41) is 11.9. The number of benzene rings is 1. The second-order valence-electron chi connectivity index (χ2n) is 5.74. The summed E-state index contributed by atoms with van der Waals surface area (Å²) in [4.78, 5) is 11.8. The third-order valence-electron chi connectivity index (χ3n) is 2.63. The van der Waals surface area contributed by atoms with E-state index in [0.717, 1.165) is 0 Å². The maximum Gasteiger partial charge on any atom is 0.230 e. The van der Waals surface area contributed by atoms with Gasteiger partial charge in [-0.25, -0.2) is 4.68 Å². The molecule has 22 heavy (non-hydrogen) atoms. The summed E-state index contributed by atoms with van der Waals surface area (Å²) in [7, 11) is 0. The van der Waals surface area contributed by atoms with Crippen LogP contribution in [-0.4, -0.2) is 32.1 Å². The summed E-state index contributed by atoms with van der Waals surface area (Å²) < 4.78 is 1.34. The van der Waals surface area contributed by atoms with Gasteiger partial charge in [0.25, 0.3) is 0 Å². The molecule has 0 unspecified atom stereocenters. The van der Waals surface area contributed by atoms with Crippen molar-refractivity contribution in [1.29, 1.82) is 0 Å². The van der Waals surface area contributed by atoms with E-state index < -0.39 is 0 Å². The van der Waals surface area contributed by atoms with E-state index in [2.05, 4.69) is 15.5 Å². The average Bonchev–Trinajstić information content (AvgIpc) is 2.76. The van der Waals surface area contributed by atoms with E-state index >= 15 is 0 Å². The molecule has 8 heteroatoms. The molecule has 0 saturated carbocycles. The lowest BCUT2D eigenvalue weighted by molar-refractivity contribution is -0.119. The monoisotopic (exact) mass is 339 g/mol. The highest BCUT2D eigenvalue weighted by Gasteiger charge is 2.17. The zero-order valence-corrected chi connectivity index (χ0v) is 14.2. The molecule has 118 valence electrons. The number of carbonyl (C=O) groups excluding carboxylic acids is 1. The van der Waals surface area contributed by atoms with Gasteiger partial charge < -0.3 is 11.2 Å². The van der Waals surface area contributed by atoms with E-state index in [1.165, 1.54) is 16.4 Å². The van der Waals surface area contributed by atoms with Gasteiger partial charge in [-0.3, -0.25) is 4.79 Å². The van der Waals surface area contributed by atoms with E-state index in [4.69, 9.17) is 17.4 Å². The van der Waals surface area contributed by atoms with Gasteiger partial charge in [0.15, 0.2) is 5.82 Å². The van der Waals surface area contributed by atoms with Crippen LogP contribution in [0.4, 0.5) is 0 Å². The first-order chi connectivity index (χ1) is 10.3. The first kappa shape index (κ1) is 16.6. The summed E-state index contributed by atoms with van der Waals surface area (Å²) in [6, 6.07) is 7.25. The first-order valence-electron chi connectivity index (χ1n) is 6.67. The molecule has 0 aliphatic heterocycles. The number of carbonyl (C=O) groups is 1. The van der Waals surface area contributed by atoms with E-state index in [9.17, 15) is 4.79 Å². The largest absolute Gasteiger partial charge is 0.351 e. The smallest absolute Gasteiger partial charge is 0.230 e. The number of hydrogen-bond acceptors (Lipinski definition) is 5. The van der Waals surface area contributed by atoms with Crippen LogP contribution in [0.5, 0.6) is 0 Å². The van der Waals surface area contributed by atoms with Crippen molar-refractivity contribution in [2.75, 3.05) is 11.6 Å². The van der Waals surface area contributed by atoms with Gasteiger partial charge in [-0.1, -0.05) is 35.5 Å². The molecule has 1 amide bonds. The van der Waals surface area contributed by atoms with E-state index in [0.29, 0.717) is 21.6 Å². The molecule has 0 aliphatic rings. The third kappa shape index (κ3) is 4.14. The molecule has 2 aromatic rings. The Balaban J connectivity index is 2.09. The topological polar surface area (TPSA) is 85.8 Å². The molecule has 0 saturated heterocycles. The Morgan fingerprint density at radius 3 is 2.68 bits per heavy atom. The molecule has 2 rings (SSSR count). The molecule has 0 aliphatic carbocycles. The van der Waals surface area contributed by atoms with Crippen LogP contribution in [0.25, 0.3) is 11.4 Å². The van der Waals surface area contributed by atoms with Gasteiger partial charge in [0.05, 0.1) is 10.8 Å². The standard InChI is InChI=1S/C14H18ClN5OS/c1-14(2,3)17-11(21)8-22-13-19-18-12(20(13)16)9-6-4-5-7-10(9)15/h4-7H,8,16H2,1-3H3,(H,17,21). The number of nitrogen functional groups attached to an aromatic ring is 1. The van der Waals surface area contributed by atoms with Crippen molar-refractivity contribution in [1.82, 2.24) is 20.2 Å². The molecular formula is C14H18ClN5OS. The molecule has 0 radical (unpaired) electrons. The predicted molar refractivity (Wildman–Crippen MR) is 89.2 cm³/mol. The number of rotatable bonds is 4. The summed E-state index contributed by atoms with van der Waals surface area (Å²) in [5.74, 6) is 6.59. The Kier molecular flexibility index (Phi) is 4.97. The molecule has 1 heterocycles. The predicted octanol–water partition coefficient (Wildman–Crippen LogP) is 2.32. The quantitative estimate of drug-likeness (QED) is 0.659. The van der Waals surface area contributed by atoms with E-state index in [1.807, 2.05) is 39.0 Å². The fourth-order valence-electron chi connectivity index (χ4n) is 1.79. The minimum Gasteiger partial charge on any atom is -0.351 e. The van der Waals surface area contributed by atoms with E-state index in [1.54, 1.807) is 6.07 Å². The van der Waals surface area contributed by atoms with Crippen LogP contribution < -0.4 is 11.2 Å². The fraction of sp³-hybridized carbons (Fsp3) is 0.357.